The number of rotatable bonds is 5. The van der Waals surface area contributed by atoms with E-state index in [-0.39, 0.29) is 17.6 Å². The summed E-state index contributed by atoms with van der Waals surface area (Å²) >= 11 is 0. The molecule has 1 saturated heterocycles. The molecule has 1 amide bonds. The topological polar surface area (TPSA) is 76.1 Å². The average molecular weight is 341 g/mol. The third kappa shape index (κ3) is 3.91. The Hall–Kier alpha value is -3.02. The Balaban J connectivity index is 1.62. The van der Waals surface area contributed by atoms with Crippen molar-refractivity contribution < 1.29 is 24.2 Å². The van der Waals surface area contributed by atoms with Crippen molar-refractivity contribution in [2.45, 2.75) is 12.5 Å². The summed E-state index contributed by atoms with van der Waals surface area (Å²) in [6.07, 6.45) is 0.649. The summed E-state index contributed by atoms with van der Waals surface area (Å²) in [7, 11) is 1.61. The first-order chi connectivity index (χ1) is 12.1. The van der Waals surface area contributed by atoms with E-state index in [1.54, 1.807) is 24.1 Å². The van der Waals surface area contributed by atoms with E-state index in [0.717, 1.165) is 17.9 Å². The Morgan fingerprint density at radius 1 is 1.08 bits per heavy atom. The number of methoxy groups -OCH3 is 1. The standard InChI is InChI=1S/C19H19NO5/c1-24-15-5-7-16(8-6-15)25-17-9-10-20(12-17)18(21)13-3-2-4-14(11-13)19(22)23/h2-8,11,17H,9-10,12H2,1H3,(H,22,23). The number of carboxylic acids is 1. The SMILES string of the molecule is COc1ccc(OC2CCN(C(=O)c3cccc(C(=O)O)c3)C2)cc1. The molecule has 2 aromatic carbocycles. The van der Waals surface area contributed by atoms with Crippen molar-refractivity contribution in [1.29, 1.82) is 0 Å². The minimum atomic E-state index is -1.04. The zero-order chi connectivity index (χ0) is 17.8. The fourth-order valence-electron chi connectivity index (χ4n) is 2.82. The van der Waals surface area contributed by atoms with Crippen LogP contribution in [0.25, 0.3) is 0 Å². The van der Waals surface area contributed by atoms with E-state index in [4.69, 9.17) is 14.6 Å². The van der Waals surface area contributed by atoms with E-state index >= 15 is 0 Å². The molecule has 6 heteroatoms. The first-order valence-corrected chi connectivity index (χ1v) is 8.00. The van der Waals surface area contributed by atoms with Crippen LogP contribution < -0.4 is 9.47 Å². The van der Waals surface area contributed by atoms with Gasteiger partial charge in [0.05, 0.1) is 19.2 Å². The lowest BCUT2D eigenvalue weighted by molar-refractivity contribution is 0.0697. The lowest BCUT2D eigenvalue weighted by atomic mass is 10.1. The molecule has 1 N–H and O–H groups in total. The molecule has 0 spiro atoms. The highest BCUT2D eigenvalue weighted by atomic mass is 16.5. The van der Waals surface area contributed by atoms with Crippen LogP contribution in [0.1, 0.15) is 27.1 Å². The summed E-state index contributed by atoms with van der Waals surface area (Å²) in [5.74, 6) is 0.266. The van der Waals surface area contributed by atoms with Gasteiger partial charge in [-0.3, -0.25) is 4.79 Å². The van der Waals surface area contributed by atoms with E-state index in [1.807, 2.05) is 24.3 Å². The van der Waals surface area contributed by atoms with Crippen LogP contribution >= 0.6 is 0 Å². The van der Waals surface area contributed by atoms with Crippen LogP contribution in [0.5, 0.6) is 11.5 Å². The highest BCUT2D eigenvalue weighted by Crippen LogP contribution is 2.22. The second-order valence-corrected chi connectivity index (χ2v) is 5.84. The summed E-state index contributed by atoms with van der Waals surface area (Å²) in [5.41, 5.74) is 0.487. The number of hydrogen-bond donors (Lipinski definition) is 1. The summed E-state index contributed by atoms with van der Waals surface area (Å²) < 4.78 is 11.0. The monoisotopic (exact) mass is 341 g/mol. The van der Waals surface area contributed by atoms with Gasteiger partial charge in [0.15, 0.2) is 0 Å². The van der Waals surface area contributed by atoms with Gasteiger partial charge in [-0.25, -0.2) is 4.79 Å². The number of carboxylic acid groups (broad SMARTS) is 1. The number of likely N-dealkylation sites (tertiary alicyclic amines) is 1. The highest BCUT2D eigenvalue weighted by Gasteiger charge is 2.28. The van der Waals surface area contributed by atoms with Gasteiger partial charge < -0.3 is 19.5 Å². The molecule has 1 aliphatic rings. The Morgan fingerprint density at radius 2 is 1.76 bits per heavy atom. The van der Waals surface area contributed by atoms with Crippen LogP contribution in [0.3, 0.4) is 0 Å². The zero-order valence-electron chi connectivity index (χ0n) is 13.8. The molecule has 3 rings (SSSR count). The summed E-state index contributed by atoms with van der Waals surface area (Å²) in [6.45, 7) is 1.05. The molecule has 1 heterocycles. The van der Waals surface area contributed by atoms with Gasteiger partial charge in [0, 0.05) is 18.5 Å². The number of hydrogen-bond acceptors (Lipinski definition) is 4. The number of nitrogens with zero attached hydrogens (tertiary/aromatic N) is 1. The molecule has 1 aliphatic heterocycles. The maximum atomic E-state index is 12.6. The quantitative estimate of drug-likeness (QED) is 0.905. The summed E-state index contributed by atoms with van der Waals surface area (Å²) in [4.78, 5) is 25.3. The van der Waals surface area contributed by atoms with E-state index in [1.165, 1.54) is 12.1 Å². The maximum absolute atomic E-state index is 12.6. The Labute approximate surface area is 145 Å². The molecule has 0 aromatic heterocycles. The van der Waals surface area contributed by atoms with Crippen LogP contribution in [0.2, 0.25) is 0 Å². The first-order valence-electron chi connectivity index (χ1n) is 8.00. The van der Waals surface area contributed by atoms with E-state index in [0.29, 0.717) is 18.7 Å². The lowest BCUT2D eigenvalue weighted by Crippen LogP contribution is -2.31. The third-order valence-electron chi connectivity index (χ3n) is 4.15. The molecule has 0 radical (unpaired) electrons. The van der Waals surface area contributed by atoms with Gasteiger partial charge in [-0.05, 0) is 42.5 Å². The van der Waals surface area contributed by atoms with Gasteiger partial charge >= 0.3 is 5.97 Å². The molecule has 1 fully saturated rings. The minimum Gasteiger partial charge on any atom is -0.497 e. The fourth-order valence-corrected chi connectivity index (χ4v) is 2.82. The Bertz CT molecular complexity index is 772. The molecule has 1 unspecified atom stereocenters. The Morgan fingerprint density at radius 3 is 2.44 bits per heavy atom. The normalized spacial score (nSPS) is 16.5. The summed E-state index contributed by atoms with van der Waals surface area (Å²) in [5, 5.41) is 9.05. The fraction of sp³-hybridized carbons (Fsp3) is 0.263. The van der Waals surface area contributed by atoms with Crippen molar-refractivity contribution in [3.63, 3.8) is 0 Å². The molecule has 130 valence electrons. The second-order valence-electron chi connectivity index (χ2n) is 5.84. The van der Waals surface area contributed by atoms with Gasteiger partial charge in [0.2, 0.25) is 0 Å². The number of benzene rings is 2. The predicted octanol–water partition coefficient (Wildman–Crippen LogP) is 2.69. The van der Waals surface area contributed by atoms with Crippen molar-refractivity contribution >= 4 is 11.9 Å². The number of carbonyl (C=O) groups is 2. The molecule has 0 saturated carbocycles. The van der Waals surface area contributed by atoms with Crippen LogP contribution in [0.15, 0.2) is 48.5 Å². The van der Waals surface area contributed by atoms with Crippen molar-refractivity contribution in [3.05, 3.63) is 59.7 Å². The minimum absolute atomic E-state index is 0.0833. The third-order valence-corrected chi connectivity index (χ3v) is 4.15. The van der Waals surface area contributed by atoms with Crippen molar-refractivity contribution in [2.75, 3.05) is 20.2 Å². The molecular weight excluding hydrogens is 322 g/mol. The molecule has 1 atom stereocenters. The van der Waals surface area contributed by atoms with Gasteiger partial charge in [0.1, 0.15) is 17.6 Å². The molecule has 0 aliphatic carbocycles. The molecule has 6 nitrogen and oxygen atoms in total. The maximum Gasteiger partial charge on any atom is 0.335 e. The van der Waals surface area contributed by atoms with Gasteiger partial charge in [-0.2, -0.15) is 0 Å². The van der Waals surface area contributed by atoms with Crippen molar-refractivity contribution in [2.24, 2.45) is 0 Å². The first kappa shape index (κ1) is 16.8. The zero-order valence-corrected chi connectivity index (χ0v) is 13.8. The second kappa shape index (κ2) is 7.25. The molecule has 25 heavy (non-hydrogen) atoms. The largest absolute Gasteiger partial charge is 0.497 e. The van der Waals surface area contributed by atoms with Gasteiger partial charge in [-0.1, -0.05) is 6.07 Å². The number of amides is 1. The van der Waals surface area contributed by atoms with Crippen LogP contribution in [-0.4, -0.2) is 48.2 Å². The number of ether oxygens (including phenoxy) is 2. The lowest BCUT2D eigenvalue weighted by Gasteiger charge is -2.17. The predicted molar refractivity (Wildman–Crippen MR) is 91.3 cm³/mol. The van der Waals surface area contributed by atoms with Crippen LogP contribution in [-0.2, 0) is 0 Å². The van der Waals surface area contributed by atoms with Crippen LogP contribution in [0, 0.1) is 0 Å². The van der Waals surface area contributed by atoms with Gasteiger partial charge in [-0.15, -0.1) is 0 Å². The van der Waals surface area contributed by atoms with Crippen LogP contribution in [0.4, 0.5) is 0 Å². The molecule has 0 bridgehead atoms. The molecular formula is C19H19NO5. The summed E-state index contributed by atoms with van der Waals surface area (Å²) in [6, 6.07) is 13.4. The van der Waals surface area contributed by atoms with E-state index in [2.05, 4.69) is 0 Å². The van der Waals surface area contributed by atoms with Crippen molar-refractivity contribution in [1.82, 2.24) is 4.90 Å². The molecule has 2 aromatic rings. The Kier molecular flexibility index (Phi) is 4.88. The highest BCUT2D eigenvalue weighted by molar-refractivity contribution is 5.97. The van der Waals surface area contributed by atoms with E-state index in [9.17, 15) is 9.59 Å². The number of aromatic carboxylic acids is 1. The average Bonchev–Trinajstić information content (AvgIpc) is 3.10. The van der Waals surface area contributed by atoms with Crippen molar-refractivity contribution in [3.8, 4) is 11.5 Å². The number of carbonyl (C=O) groups excluding carboxylic acids is 1. The van der Waals surface area contributed by atoms with E-state index < -0.39 is 5.97 Å². The smallest absolute Gasteiger partial charge is 0.335 e. The van der Waals surface area contributed by atoms with Gasteiger partial charge in [0.25, 0.3) is 5.91 Å².